The summed E-state index contributed by atoms with van der Waals surface area (Å²) in [6, 6.07) is 0. The molecule has 0 spiro atoms. The molecule has 1 N–H and O–H groups in total. The van der Waals surface area contributed by atoms with Gasteiger partial charge in [-0.15, -0.1) is 10.2 Å². The van der Waals surface area contributed by atoms with Crippen LogP contribution < -0.4 is 0 Å². The van der Waals surface area contributed by atoms with Gasteiger partial charge in [-0.25, -0.2) is 0 Å². The number of carbonyl (C=O) groups is 1. The first-order valence-electron chi connectivity index (χ1n) is 4.76. The molecule has 0 aliphatic carbocycles. The van der Waals surface area contributed by atoms with E-state index in [1.807, 2.05) is 30.5 Å². The lowest BCUT2D eigenvalue weighted by atomic mass is 10.4. The number of aryl methyl sites for hydroxylation is 1. The molecule has 0 saturated heterocycles. The normalized spacial score (nSPS) is 10.9. The first-order chi connectivity index (χ1) is 7.00. The lowest BCUT2D eigenvalue weighted by Gasteiger charge is -2.14. The van der Waals surface area contributed by atoms with Gasteiger partial charge in [0.25, 0.3) is 0 Å². The molecular weight excluding hydrogens is 196 g/mol. The zero-order valence-corrected chi connectivity index (χ0v) is 9.27. The van der Waals surface area contributed by atoms with E-state index in [0.29, 0.717) is 13.1 Å². The van der Waals surface area contributed by atoms with Crippen molar-refractivity contribution >= 4 is 5.97 Å². The Morgan fingerprint density at radius 3 is 2.67 bits per heavy atom. The molecule has 6 heteroatoms. The van der Waals surface area contributed by atoms with Gasteiger partial charge in [0, 0.05) is 13.6 Å². The van der Waals surface area contributed by atoms with Crippen molar-refractivity contribution < 1.29 is 9.90 Å². The van der Waals surface area contributed by atoms with E-state index in [4.69, 9.17) is 5.11 Å². The second-order valence-electron chi connectivity index (χ2n) is 3.60. The van der Waals surface area contributed by atoms with E-state index in [1.165, 1.54) is 0 Å². The number of rotatable bonds is 5. The molecular formula is C9H16N4O2. The molecule has 0 radical (unpaired) electrons. The summed E-state index contributed by atoms with van der Waals surface area (Å²) in [7, 11) is 3.77. The van der Waals surface area contributed by atoms with Crippen molar-refractivity contribution in [3.63, 3.8) is 0 Å². The summed E-state index contributed by atoms with van der Waals surface area (Å²) in [5.41, 5.74) is 0. The van der Waals surface area contributed by atoms with Crippen molar-refractivity contribution in [2.24, 2.45) is 7.05 Å². The molecule has 1 aromatic rings. The van der Waals surface area contributed by atoms with Crippen LogP contribution in [-0.4, -0.2) is 44.3 Å². The quantitative estimate of drug-likeness (QED) is 0.745. The molecule has 0 amide bonds. The zero-order valence-electron chi connectivity index (χ0n) is 9.27. The first-order valence-corrected chi connectivity index (χ1v) is 4.76. The van der Waals surface area contributed by atoms with Crippen LogP contribution in [0.5, 0.6) is 0 Å². The molecule has 15 heavy (non-hydrogen) atoms. The van der Waals surface area contributed by atoms with Crippen molar-refractivity contribution in [1.82, 2.24) is 19.7 Å². The van der Waals surface area contributed by atoms with E-state index in [9.17, 15) is 4.79 Å². The Morgan fingerprint density at radius 2 is 2.20 bits per heavy atom. The highest BCUT2D eigenvalue weighted by Gasteiger charge is 2.08. The van der Waals surface area contributed by atoms with Crippen LogP contribution >= 0.6 is 0 Å². The molecule has 0 atom stereocenters. The van der Waals surface area contributed by atoms with Crippen LogP contribution in [0.3, 0.4) is 0 Å². The molecule has 0 aliphatic heterocycles. The van der Waals surface area contributed by atoms with Gasteiger partial charge in [-0.1, -0.05) is 0 Å². The Balaban J connectivity index is 2.47. The lowest BCUT2D eigenvalue weighted by Crippen LogP contribution is -2.23. The van der Waals surface area contributed by atoms with Crippen LogP contribution in [0.1, 0.15) is 18.1 Å². The van der Waals surface area contributed by atoms with E-state index in [0.717, 1.165) is 11.6 Å². The van der Waals surface area contributed by atoms with Crippen molar-refractivity contribution in [2.75, 3.05) is 13.6 Å². The minimum Gasteiger partial charge on any atom is -0.481 e. The molecule has 0 bridgehead atoms. The average molecular weight is 212 g/mol. The van der Waals surface area contributed by atoms with Gasteiger partial charge in [-0.2, -0.15) is 0 Å². The van der Waals surface area contributed by atoms with Gasteiger partial charge in [-0.05, 0) is 14.0 Å². The predicted molar refractivity (Wildman–Crippen MR) is 54.3 cm³/mol. The fraction of sp³-hybridized carbons (Fsp3) is 0.667. The van der Waals surface area contributed by atoms with Crippen molar-refractivity contribution in [1.29, 1.82) is 0 Å². The van der Waals surface area contributed by atoms with E-state index in [1.54, 1.807) is 0 Å². The molecule has 1 heterocycles. The summed E-state index contributed by atoms with van der Waals surface area (Å²) in [5.74, 6) is 0.924. The molecule has 0 saturated carbocycles. The molecule has 84 valence electrons. The van der Waals surface area contributed by atoms with Gasteiger partial charge in [0.15, 0.2) is 0 Å². The summed E-state index contributed by atoms with van der Waals surface area (Å²) in [6.45, 7) is 3.01. The highest BCUT2D eigenvalue weighted by atomic mass is 16.4. The number of hydrogen-bond acceptors (Lipinski definition) is 4. The summed E-state index contributed by atoms with van der Waals surface area (Å²) in [4.78, 5) is 12.3. The Bertz CT molecular complexity index is 348. The van der Waals surface area contributed by atoms with Crippen molar-refractivity contribution in [3.8, 4) is 0 Å². The molecule has 1 rings (SSSR count). The van der Waals surface area contributed by atoms with Gasteiger partial charge in [0.05, 0.1) is 13.0 Å². The lowest BCUT2D eigenvalue weighted by molar-refractivity contribution is -0.137. The monoisotopic (exact) mass is 212 g/mol. The van der Waals surface area contributed by atoms with Gasteiger partial charge >= 0.3 is 5.97 Å². The summed E-state index contributed by atoms with van der Waals surface area (Å²) in [5, 5.41) is 16.5. The van der Waals surface area contributed by atoms with Gasteiger partial charge < -0.3 is 9.67 Å². The molecule has 0 aromatic carbocycles. The van der Waals surface area contributed by atoms with Crippen LogP contribution in [0, 0.1) is 6.92 Å². The fourth-order valence-electron chi connectivity index (χ4n) is 1.20. The van der Waals surface area contributed by atoms with E-state index in [-0.39, 0.29) is 6.42 Å². The number of carboxylic acids is 1. The van der Waals surface area contributed by atoms with Crippen LogP contribution in [0.25, 0.3) is 0 Å². The number of aliphatic carboxylic acids is 1. The maximum Gasteiger partial charge on any atom is 0.304 e. The number of hydrogen-bond donors (Lipinski definition) is 1. The molecule has 6 nitrogen and oxygen atoms in total. The topological polar surface area (TPSA) is 71.2 Å². The van der Waals surface area contributed by atoms with E-state index < -0.39 is 5.97 Å². The molecule has 0 fully saturated rings. The van der Waals surface area contributed by atoms with Crippen LogP contribution in [-0.2, 0) is 18.4 Å². The summed E-state index contributed by atoms with van der Waals surface area (Å²) in [6.07, 6.45) is 0.146. The third kappa shape index (κ3) is 3.32. The molecule has 1 aromatic heterocycles. The van der Waals surface area contributed by atoms with Crippen LogP contribution in [0.15, 0.2) is 0 Å². The number of carboxylic acid groups (broad SMARTS) is 1. The average Bonchev–Trinajstić information content (AvgIpc) is 2.47. The zero-order chi connectivity index (χ0) is 11.4. The second kappa shape index (κ2) is 4.88. The minimum absolute atomic E-state index is 0.146. The first kappa shape index (κ1) is 11.6. The van der Waals surface area contributed by atoms with Crippen molar-refractivity contribution in [2.45, 2.75) is 19.9 Å². The smallest absolute Gasteiger partial charge is 0.304 e. The Morgan fingerprint density at radius 1 is 1.53 bits per heavy atom. The van der Waals surface area contributed by atoms with Crippen molar-refractivity contribution in [3.05, 3.63) is 11.6 Å². The fourth-order valence-corrected chi connectivity index (χ4v) is 1.20. The summed E-state index contributed by atoms with van der Waals surface area (Å²) < 4.78 is 1.90. The van der Waals surface area contributed by atoms with E-state index >= 15 is 0 Å². The SMILES string of the molecule is Cc1nnc(CN(C)CCC(=O)O)n1C. The van der Waals surface area contributed by atoms with E-state index in [2.05, 4.69) is 10.2 Å². The molecule has 0 aliphatic rings. The Labute approximate surface area is 88.5 Å². The standard InChI is InChI=1S/C9H16N4O2/c1-7-10-11-8(13(7)3)6-12(2)5-4-9(14)15/h4-6H2,1-3H3,(H,14,15). The van der Waals surface area contributed by atoms with Gasteiger partial charge in [0.2, 0.25) is 0 Å². The minimum atomic E-state index is -0.781. The maximum absolute atomic E-state index is 10.4. The maximum atomic E-state index is 10.4. The third-order valence-electron chi connectivity index (χ3n) is 2.30. The Kier molecular flexibility index (Phi) is 3.79. The third-order valence-corrected chi connectivity index (χ3v) is 2.30. The number of nitrogens with zero attached hydrogens (tertiary/aromatic N) is 4. The highest BCUT2D eigenvalue weighted by molar-refractivity contribution is 5.66. The largest absolute Gasteiger partial charge is 0.481 e. The highest BCUT2D eigenvalue weighted by Crippen LogP contribution is 2.01. The number of aromatic nitrogens is 3. The second-order valence-corrected chi connectivity index (χ2v) is 3.60. The molecule has 0 unspecified atom stereocenters. The van der Waals surface area contributed by atoms with Crippen LogP contribution in [0.4, 0.5) is 0 Å². The summed E-state index contributed by atoms with van der Waals surface area (Å²) >= 11 is 0. The predicted octanol–water partition coefficient (Wildman–Crippen LogP) is 0.0300. The van der Waals surface area contributed by atoms with Crippen LogP contribution in [0.2, 0.25) is 0 Å². The van der Waals surface area contributed by atoms with Gasteiger partial charge in [0.1, 0.15) is 11.6 Å². The Hall–Kier alpha value is -1.43. The van der Waals surface area contributed by atoms with Gasteiger partial charge in [-0.3, -0.25) is 9.69 Å².